The van der Waals surface area contributed by atoms with Crippen molar-refractivity contribution in [2.45, 2.75) is 44.8 Å². The van der Waals surface area contributed by atoms with Crippen molar-refractivity contribution < 1.29 is 0 Å². The molecule has 64 valence electrons. The van der Waals surface area contributed by atoms with Crippen LogP contribution in [-0.2, 0) is 0 Å². The fourth-order valence-electron chi connectivity index (χ4n) is 2.48. The van der Waals surface area contributed by atoms with Crippen LogP contribution < -0.4 is 10.6 Å². The van der Waals surface area contributed by atoms with Crippen molar-refractivity contribution in [2.75, 3.05) is 6.54 Å². The van der Waals surface area contributed by atoms with Gasteiger partial charge < -0.3 is 10.6 Å². The predicted octanol–water partition coefficient (Wildman–Crippen LogP) is 0.735. The van der Waals surface area contributed by atoms with E-state index in [-0.39, 0.29) is 0 Å². The lowest BCUT2D eigenvalue weighted by molar-refractivity contribution is 0.416. The molecule has 11 heavy (non-hydrogen) atoms. The molecule has 1 saturated heterocycles. The molecular formula is C9H18N2. The fraction of sp³-hybridized carbons (Fsp3) is 1.00. The molecule has 2 fully saturated rings. The lowest BCUT2D eigenvalue weighted by Gasteiger charge is -2.19. The van der Waals surface area contributed by atoms with E-state index in [0.717, 1.165) is 18.0 Å². The minimum absolute atomic E-state index is 0.642. The molecule has 1 aliphatic heterocycles. The lowest BCUT2D eigenvalue weighted by atomic mass is 10.1. The minimum Gasteiger partial charge on any atom is -0.312 e. The van der Waals surface area contributed by atoms with Gasteiger partial charge in [-0.3, -0.25) is 0 Å². The van der Waals surface area contributed by atoms with Gasteiger partial charge in [-0.05, 0) is 25.3 Å². The van der Waals surface area contributed by atoms with Crippen molar-refractivity contribution in [3.05, 3.63) is 0 Å². The number of hydrogen-bond donors (Lipinski definition) is 2. The molecule has 2 nitrogen and oxygen atoms in total. The van der Waals surface area contributed by atoms with E-state index in [9.17, 15) is 0 Å². The minimum atomic E-state index is 0.642. The van der Waals surface area contributed by atoms with Crippen molar-refractivity contribution in [3.63, 3.8) is 0 Å². The second kappa shape index (κ2) is 2.76. The molecule has 2 N–H and O–H groups in total. The highest BCUT2D eigenvalue weighted by Crippen LogP contribution is 2.31. The Balaban J connectivity index is 1.94. The first-order valence-corrected chi connectivity index (χ1v) is 4.77. The highest BCUT2D eigenvalue weighted by Gasteiger charge is 2.41. The number of fused-ring (bicyclic) bond motifs is 2. The van der Waals surface area contributed by atoms with Crippen molar-refractivity contribution >= 4 is 0 Å². The van der Waals surface area contributed by atoms with E-state index in [4.69, 9.17) is 0 Å². The van der Waals surface area contributed by atoms with Crippen LogP contribution in [0.15, 0.2) is 0 Å². The normalized spacial score (nSPS) is 42.3. The predicted molar refractivity (Wildman–Crippen MR) is 46.6 cm³/mol. The summed E-state index contributed by atoms with van der Waals surface area (Å²) in [5.74, 6) is 0.919. The van der Waals surface area contributed by atoms with E-state index in [2.05, 4.69) is 24.5 Å². The van der Waals surface area contributed by atoms with E-state index in [1.54, 1.807) is 0 Å². The van der Waals surface area contributed by atoms with Crippen LogP contribution in [0.25, 0.3) is 0 Å². The van der Waals surface area contributed by atoms with Crippen LogP contribution in [0.1, 0.15) is 26.7 Å². The Labute approximate surface area is 68.7 Å². The van der Waals surface area contributed by atoms with Gasteiger partial charge in [-0.2, -0.15) is 0 Å². The topological polar surface area (TPSA) is 24.1 Å². The third kappa shape index (κ3) is 1.30. The Kier molecular flexibility index (Phi) is 1.90. The SMILES string of the molecule is CC(C)NC1C2CCC1NC2. The van der Waals surface area contributed by atoms with E-state index < -0.39 is 0 Å². The Morgan fingerprint density at radius 3 is 2.55 bits per heavy atom. The van der Waals surface area contributed by atoms with Gasteiger partial charge in [0.2, 0.25) is 0 Å². The first-order chi connectivity index (χ1) is 5.27. The van der Waals surface area contributed by atoms with Crippen LogP contribution >= 0.6 is 0 Å². The quantitative estimate of drug-likeness (QED) is 0.613. The highest BCUT2D eigenvalue weighted by atomic mass is 15.1. The molecule has 0 aromatic heterocycles. The van der Waals surface area contributed by atoms with Crippen LogP contribution in [-0.4, -0.2) is 24.7 Å². The van der Waals surface area contributed by atoms with Crippen LogP contribution in [0.4, 0.5) is 0 Å². The molecule has 0 aromatic carbocycles. The summed E-state index contributed by atoms with van der Waals surface area (Å²) in [4.78, 5) is 0. The standard InChI is InChI=1S/C9H18N2/c1-6(2)11-9-7-3-4-8(9)10-5-7/h6-11H,3-5H2,1-2H3. The molecule has 2 heteroatoms. The maximum Gasteiger partial charge on any atom is 0.0263 e. The van der Waals surface area contributed by atoms with Gasteiger partial charge in [-0.15, -0.1) is 0 Å². The summed E-state index contributed by atoms with van der Waals surface area (Å²) in [6, 6.07) is 2.19. The summed E-state index contributed by atoms with van der Waals surface area (Å²) in [6.07, 6.45) is 2.82. The molecule has 0 aromatic rings. The molecule has 0 amide bonds. The first-order valence-electron chi connectivity index (χ1n) is 4.77. The van der Waals surface area contributed by atoms with Gasteiger partial charge in [-0.1, -0.05) is 13.8 Å². The molecule has 1 aliphatic carbocycles. The molecule has 0 radical (unpaired) electrons. The summed E-state index contributed by atoms with van der Waals surface area (Å²) in [7, 11) is 0. The first kappa shape index (κ1) is 7.56. The van der Waals surface area contributed by atoms with E-state index in [0.29, 0.717) is 6.04 Å². The molecule has 1 saturated carbocycles. The smallest absolute Gasteiger partial charge is 0.0263 e. The molecule has 0 spiro atoms. The average molecular weight is 154 g/mol. The summed E-state index contributed by atoms with van der Waals surface area (Å²) in [5.41, 5.74) is 0. The van der Waals surface area contributed by atoms with Gasteiger partial charge in [0, 0.05) is 18.1 Å². The molecule has 2 aliphatic rings. The van der Waals surface area contributed by atoms with E-state index in [1.807, 2.05) is 0 Å². The molecule has 2 bridgehead atoms. The van der Waals surface area contributed by atoms with Gasteiger partial charge in [0.05, 0.1) is 0 Å². The maximum absolute atomic E-state index is 3.64. The molecule has 3 unspecified atom stereocenters. The summed E-state index contributed by atoms with van der Waals surface area (Å²) in [5, 5.41) is 7.19. The number of hydrogen-bond acceptors (Lipinski definition) is 2. The highest BCUT2D eigenvalue weighted by molar-refractivity contribution is 5.01. The molecule has 1 heterocycles. The van der Waals surface area contributed by atoms with Crippen LogP contribution in [0, 0.1) is 5.92 Å². The number of nitrogens with one attached hydrogen (secondary N) is 2. The molecule has 2 rings (SSSR count). The monoisotopic (exact) mass is 154 g/mol. The Hall–Kier alpha value is -0.0800. The van der Waals surface area contributed by atoms with E-state index in [1.165, 1.54) is 19.4 Å². The summed E-state index contributed by atoms with van der Waals surface area (Å²) >= 11 is 0. The fourth-order valence-corrected chi connectivity index (χ4v) is 2.48. The summed E-state index contributed by atoms with van der Waals surface area (Å²) < 4.78 is 0. The van der Waals surface area contributed by atoms with Gasteiger partial charge in [0.25, 0.3) is 0 Å². The lowest BCUT2D eigenvalue weighted by Crippen LogP contribution is -2.42. The van der Waals surface area contributed by atoms with E-state index >= 15 is 0 Å². The van der Waals surface area contributed by atoms with Crippen molar-refractivity contribution in [1.82, 2.24) is 10.6 Å². The summed E-state index contributed by atoms with van der Waals surface area (Å²) in [6.45, 7) is 5.71. The zero-order valence-electron chi connectivity index (χ0n) is 7.43. The Morgan fingerprint density at radius 1 is 1.36 bits per heavy atom. The van der Waals surface area contributed by atoms with Crippen LogP contribution in [0.5, 0.6) is 0 Å². The second-order valence-corrected chi connectivity index (χ2v) is 4.20. The molecular weight excluding hydrogens is 136 g/mol. The Morgan fingerprint density at radius 2 is 2.18 bits per heavy atom. The van der Waals surface area contributed by atoms with Crippen molar-refractivity contribution in [1.29, 1.82) is 0 Å². The van der Waals surface area contributed by atoms with Crippen LogP contribution in [0.3, 0.4) is 0 Å². The zero-order valence-corrected chi connectivity index (χ0v) is 7.43. The largest absolute Gasteiger partial charge is 0.312 e. The zero-order chi connectivity index (χ0) is 7.84. The van der Waals surface area contributed by atoms with Gasteiger partial charge >= 0.3 is 0 Å². The van der Waals surface area contributed by atoms with Crippen LogP contribution in [0.2, 0.25) is 0 Å². The van der Waals surface area contributed by atoms with Gasteiger partial charge in [0.15, 0.2) is 0 Å². The third-order valence-electron chi connectivity index (χ3n) is 2.96. The van der Waals surface area contributed by atoms with Gasteiger partial charge in [0.1, 0.15) is 0 Å². The number of rotatable bonds is 2. The Bertz CT molecular complexity index is 124. The third-order valence-corrected chi connectivity index (χ3v) is 2.96. The number of piperidine rings is 1. The van der Waals surface area contributed by atoms with Crippen molar-refractivity contribution in [2.24, 2.45) is 5.92 Å². The van der Waals surface area contributed by atoms with Gasteiger partial charge in [-0.25, -0.2) is 0 Å². The van der Waals surface area contributed by atoms with Crippen molar-refractivity contribution in [3.8, 4) is 0 Å². The maximum atomic E-state index is 3.64. The second-order valence-electron chi connectivity index (χ2n) is 4.20. The average Bonchev–Trinajstić information content (AvgIpc) is 2.48. The molecule has 3 atom stereocenters.